The molecule has 1 heterocycles. The van der Waals surface area contributed by atoms with Crippen LogP contribution in [0.4, 0.5) is 8.78 Å². The van der Waals surface area contributed by atoms with Crippen molar-refractivity contribution in [1.29, 1.82) is 0 Å². The van der Waals surface area contributed by atoms with Gasteiger partial charge in [-0.25, -0.2) is 8.78 Å². The quantitative estimate of drug-likeness (QED) is 0.915. The molecule has 4 heteroatoms. The van der Waals surface area contributed by atoms with Crippen LogP contribution in [0.25, 0.3) is 0 Å². The normalized spacial score (nSPS) is 17.2. The van der Waals surface area contributed by atoms with Crippen LogP contribution >= 0.6 is 11.8 Å². The van der Waals surface area contributed by atoms with Gasteiger partial charge in [0.05, 0.1) is 0 Å². The Kier molecular flexibility index (Phi) is 4.03. The van der Waals surface area contributed by atoms with E-state index in [1.54, 1.807) is 0 Å². The summed E-state index contributed by atoms with van der Waals surface area (Å²) < 4.78 is 26.6. The van der Waals surface area contributed by atoms with E-state index in [4.69, 9.17) is 0 Å². The van der Waals surface area contributed by atoms with Gasteiger partial charge in [-0.3, -0.25) is 0 Å². The van der Waals surface area contributed by atoms with Gasteiger partial charge in [-0.15, -0.1) is 11.8 Å². The van der Waals surface area contributed by atoms with Crippen molar-refractivity contribution in [3.8, 4) is 0 Å². The second-order valence-corrected chi connectivity index (χ2v) is 5.97. The minimum atomic E-state index is -0.398. The fourth-order valence-electron chi connectivity index (χ4n) is 2.46. The molecule has 1 unspecified atom stereocenters. The number of nitrogens with one attached hydrogen (secondary N) is 1. The van der Waals surface area contributed by atoms with E-state index in [9.17, 15) is 8.78 Å². The predicted molar refractivity (Wildman–Crippen MR) is 78.0 cm³/mol. The van der Waals surface area contributed by atoms with Crippen LogP contribution in [0, 0.1) is 11.6 Å². The van der Waals surface area contributed by atoms with Crippen LogP contribution in [0.3, 0.4) is 0 Å². The number of rotatable bonds is 4. The van der Waals surface area contributed by atoms with Crippen molar-refractivity contribution in [3.05, 3.63) is 65.2 Å². The van der Waals surface area contributed by atoms with Gasteiger partial charge in [0.15, 0.2) is 0 Å². The van der Waals surface area contributed by atoms with Crippen LogP contribution in [-0.2, 0) is 6.54 Å². The average molecular weight is 291 g/mol. The summed E-state index contributed by atoms with van der Waals surface area (Å²) in [5, 5.41) is 3.23. The molecule has 2 aromatic carbocycles. The van der Waals surface area contributed by atoms with E-state index in [0.717, 1.165) is 18.4 Å². The average Bonchev–Trinajstić information content (AvgIpc) is 2.86. The fourth-order valence-corrected chi connectivity index (χ4v) is 3.71. The van der Waals surface area contributed by atoms with Gasteiger partial charge in [0.1, 0.15) is 11.6 Å². The van der Waals surface area contributed by atoms with Crippen molar-refractivity contribution in [2.75, 3.05) is 12.3 Å². The lowest BCUT2D eigenvalue weighted by Gasteiger charge is -2.12. The summed E-state index contributed by atoms with van der Waals surface area (Å²) in [6.45, 7) is 1.13. The number of fused-ring (bicyclic) bond motifs is 1. The number of halogens is 2. The van der Waals surface area contributed by atoms with E-state index in [0.29, 0.717) is 18.0 Å². The van der Waals surface area contributed by atoms with Gasteiger partial charge in [-0.1, -0.05) is 18.2 Å². The molecule has 1 N–H and O–H groups in total. The highest BCUT2D eigenvalue weighted by Crippen LogP contribution is 2.38. The van der Waals surface area contributed by atoms with Crippen molar-refractivity contribution >= 4 is 11.8 Å². The molecule has 1 aliphatic heterocycles. The third-order valence-electron chi connectivity index (χ3n) is 3.51. The van der Waals surface area contributed by atoms with Crippen LogP contribution in [-0.4, -0.2) is 12.3 Å². The maximum atomic E-state index is 13.5. The van der Waals surface area contributed by atoms with Crippen molar-refractivity contribution in [1.82, 2.24) is 5.32 Å². The fraction of sp³-hybridized carbons (Fsp3) is 0.250. The van der Waals surface area contributed by atoms with Gasteiger partial charge >= 0.3 is 0 Å². The Morgan fingerprint density at radius 3 is 2.90 bits per heavy atom. The first-order chi connectivity index (χ1) is 9.74. The van der Waals surface area contributed by atoms with E-state index in [-0.39, 0.29) is 5.82 Å². The maximum Gasteiger partial charge on any atom is 0.127 e. The zero-order valence-corrected chi connectivity index (χ0v) is 11.7. The first-order valence-corrected chi connectivity index (χ1v) is 7.59. The highest BCUT2D eigenvalue weighted by molar-refractivity contribution is 7.99. The molecule has 0 spiro atoms. The van der Waals surface area contributed by atoms with Gasteiger partial charge < -0.3 is 5.32 Å². The monoisotopic (exact) mass is 291 g/mol. The Hall–Kier alpha value is -1.39. The Morgan fingerprint density at radius 2 is 2.00 bits per heavy atom. The molecule has 104 valence electrons. The summed E-state index contributed by atoms with van der Waals surface area (Å²) >= 11 is 1.85. The Balaban J connectivity index is 1.60. The molecular weight excluding hydrogens is 276 g/mol. The lowest BCUT2D eigenvalue weighted by Crippen LogP contribution is -2.21. The molecule has 0 saturated carbocycles. The maximum absolute atomic E-state index is 13.5. The summed E-state index contributed by atoms with van der Waals surface area (Å²) in [6, 6.07) is 11.9. The molecule has 20 heavy (non-hydrogen) atoms. The molecule has 0 fully saturated rings. The standard InChI is InChI=1S/C16H15F2NS/c17-13-5-6-15(18)11(7-13)8-19-9-12-10-20-16-4-2-1-3-14(12)16/h1-7,12,19H,8-10H2. The third kappa shape index (κ3) is 2.86. The van der Waals surface area contributed by atoms with Crippen LogP contribution in [0.15, 0.2) is 47.4 Å². The van der Waals surface area contributed by atoms with E-state index >= 15 is 0 Å². The molecule has 0 bridgehead atoms. The topological polar surface area (TPSA) is 12.0 Å². The van der Waals surface area contributed by atoms with Crippen LogP contribution < -0.4 is 5.32 Å². The number of hydrogen-bond acceptors (Lipinski definition) is 2. The zero-order chi connectivity index (χ0) is 13.9. The van der Waals surface area contributed by atoms with Crippen LogP contribution in [0.2, 0.25) is 0 Å². The summed E-state index contributed by atoms with van der Waals surface area (Å²) in [4.78, 5) is 1.33. The molecule has 0 aromatic heterocycles. The van der Waals surface area contributed by atoms with Crippen molar-refractivity contribution in [2.24, 2.45) is 0 Å². The summed E-state index contributed by atoms with van der Waals surface area (Å²) in [5.74, 6) is 0.718. The molecule has 0 radical (unpaired) electrons. The lowest BCUT2D eigenvalue weighted by molar-refractivity contribution is 0.559. The molecule has 1 aliphatic rings. The number of benzene rings is 2. The van der Waals surface area contributed by atoms with Gasteiger partial charge in [-0.2, -0.15) is 0 Å². The lowest BCUT2D eigenvalue weighted by atomic mass is 10.0. The molecule has 0 saturated heterocycles. The summed E-state index contributed by atoms with van der Waals surface area (Å²) in [7, 11) is 0. The minimum Gasteiger partial charge on any atom is -0.312 e. The van der Waals surface area contributed by atoms with Gasteiger partial charge in [-0.05, 0) is 29.8 Å². The SMILES string of the molecule is Fc1ccc(F)c(CNCC2CSc3ccccc32)c1. The molecule has 1 nitrogen and oxygen atoms in total. The third-order valence-corrected chi connectivity index (χ3v) is 4.76. The van der Waals surface area contributed by atoms with E-state index in [2.05, 4.69) is 17.4 Å². The Bertz CT molecular complexity index is 615. The highest BCUT2D eigenvalue weighted by Gasteiger charge is 2.22. The van der Waals surface area contributed by atoms with Crippen molar-refractivity contribution in [2.45, 2.75) is 17.4 Å². The summed E-state index contributed by atoms with van der Waals surface area (Å²) in [5.41, 5.74) is 1.73. The Labute approximate surface area is 121 Å². The number of hydrogen-bond donors (Lipinski definition) is 1. The minimum absolute atomic E-state index is 0.354. The molecule has 0 amide bonds. The zero-order valence-electron chi connectivity index (χ0n) is 10.9. The van der Waals surface area contributed by atoms with E-state index in [1.165, 1.54) is 22.6 Å². The predicted octanol–water partition coefficient (Wildman–Crippen LogP) is 3.94. The van der Waals surface area contributed by atoms with Crippen molar-refractivity contribution in [3.63, 3.8) is 0 Å². The smallest absolute Gasteiger partial charge is 0.127 e. The van der Waals surface area contributed by atoms with Crippen LogP contribution in [0.5, 0.6) is 0 Å². The van der Waals surface area contributed by atoms with Crippen LogP contribution in [0.1, 0.15) is 17.0 Å². The van der Waals surface area contributed by atoms with Gasteiger partial charge in [0.25, 0.3) is 0 Å². The molecule has 3 rings (SSSR count). The molecule has 0 aliphatic carbocycles. The second kappa shape index (κ2) is 5.94. The number of thioether (sulfide) groups is 1. The van der Waals surface area contributed by atoms with Gasteiger partial charge in [0, 0.05) is 35.2 Å². The molecule has 2 aromatic rings. The largest absolute Gasteiger partial charge is 0.312 e. The Morgan fingerprint density at radius 1 is 1.15 bits per heavy atom. The molecular formula is C16H15F2NS. The van der Waals surface area contributed by atoms with Crippen molar-refractivity contribution < 1.29 is 8.78 Å². The highest BCUT2D eigenvalue weighted by atomic mass is 32.2. The van der Waals surface area contributed by atoms with Gasteiger partial charge in [0.2, 0.25) is 0 Å². The van der Waals surface area contributed by atoms with E-state index in [1.807, 2.05) is 23.9 Å². The first kappa shape index (κ1) is 13.6. The van der Waals surface area contributed by atoms with E-state index < -0.39 is 5.82 Å². The summed E-state index contributed by atoms with van der Waals surface area (Å²) in [6.07, 6.45) is 0. The second-order valence-electron chi connectivity index (χ2n) is 4.91. The first-order valence-electron chi connectivity index (χ1n) is 6.60. The molecule has 1 atom stereocenters.